The number of Topliss-reactive ketones (excluding diaryl/α,β-unsaturated/α-hetero) is 1. The summed E-state index contributed by atoms with van der Waals surface area (Å²) in [6.07, 6.45) is 6.66. The van der Waals surface area contributed by atoms with Crippen LogP contribution in [-0.4, -0.2) is 11.9 Å². The fraction of sp³-hybridized carbons (Fsp3) is 0.296. The van der Waals surface area contributed by atoms with Crippen molar-refractivity contribution in [1.82, 2.24) is 0 Å². The number of benzene rings is 3. The topological polar surface area (TPSA) is 17.1 Å². The summed E-state index contributed by atoms with van der Waals surface area (Å²) in [6, 6.07) is 30.8. The van der Waals surface area contributed by atoms with Crippen LogP contribution in [0.25, 0.3) is 0 Å². The molecule has 3 heteroatoms. The summed E-state index contributed by atoms with van der Waals surface area (Å²) in [5.74, 6) is -3.19. The van der Waals surface area contributed by atoms with Gasteiger partial charge in [-0.2, -0.15) is 0 Å². The fourth-order valence-electron chi connectivity index (χ4n) is 4.27. The predicted octanol–water partition coefficient (Wildman–Crippen LogP) is 6.60. The Morgan fingerprint density at radius 2 is 1.07 bits per heavy atom. The normalized spacial score (nSPS) is 12.8. The van der Waals surface area contributed by atoms with Crippen molar-refractivity contribution >= 4 is 38.9 Å². The molecule has 3 aromatic carbocycles. The van der Waals surface area contributed by atoms with Crippen LogP contribution in [0.5, 0.6) is 0 Å². The SMILES string of the molecule is CCCCCCCC(=O)CP(Cl)(c1ccccc1)(c1ccccc1)c1ccccc1. The molecule has 0 radical (unpaired) electrons. The van der Waals surface area contributed by atoms with E-state index in [1.165, 1.54) is 19.3 Å². The Balaban J connectivity index is 2.07. The molecular weight excluding hydrogens is 407 g/mol. The molecule has 0 fully saturated rings. The van der Waals surface area contributed by atoms with Crippen LogP contribution in [-0.2, 0) is 4.79 Å². The van der Waals surface area contributed by atoms with E-state index in [1.54, 1.807) is 0 Å². The summed E-state index contributed by atoms with van der Waals surface area (Å²) in [4.78, 5) is 13.4. The van der Waals surface area contributed by atoms with Crippen molar-refractivity contribution in [2.45, 2.75) is 45.4 Å². The van der Waals surface area contributed by atoms with Gasteiger partial charge in [0.25, 0.3) is 0 Å². The Bertz CT molecular complexity index is 825. The van der Waals surface area contributed by atoms with Gasteiger partial charge < -0.3 is 0 Å². The van der Waals surface area contributed by atoms with Crippen molar-refractivity contribution in [3.05, 3.63) is 91.0 Å². The molecule has 30 heavy (non-hydrogen) atoms. The van der Waals surface area contributed by atoms with E-state index in [9.17, 15) is 4.79 Å². The van der Waals surface area contributed by atoms with Crippen molar-refractivity contribution in [3.63, 3.8) is 0 Å². The van der Waals surface area contributed by atoms with Gasteiger partial charge in [-0.25, -0.2) is 0 Å². The minimum absolute atomic E-state index is 0.260. The molecule has 0 spiro atoms. The molecule has 0 N–H and O–H groups in total. The van der Waals surface area contributed by atoms with Crippen molar-refractivity contribution in [2.75, 3.05) is 6.16 Å². The van der Waals surface area contributed by atoms with Crippen LogP contribution in [0.4, 0.5) is 0 Å². The first-order valence-electron chi connectivity index (χ1n) is 11.0. The van der Waals surface area contributed by atoms with Crippen molar-refractivity contribution < 1.29 is 4.79 Å². The van der Waals surface area contributed by atoms with Gasteiger partial charge in [0.1, 0.15) is 0 Å². The second-order valence-electron chi connectivity index (χ2n) is 8.05. The molecule has 0 aromatic heterocycles. The molecule has 158 valence electrons. The van der Waals surface area contributed by atoms with Crippen LogP contribution in [0.15, 0.2) is 91.0 Å². The van der Waals surface area contributed by atoms with Gasteiger partial charge in [0, 0.05) is 0 Å². The molecule has 0 aliphatic rings. The molecule has 0 bridgehead atoms. The van der Waals surface area contributed by atoms with Gasteiger partial charge in [0.15, 0.2) is 0 Å². The molecular formula is C27H32ClOP. The quantitative estimate of drug-likeness (QED) is 0.243. The van der Waals surface area contributed by atoms with Crippen molar-refractivity contribution in [2.24, 2.45) is 0 Å². The second kappa shape index (κ2) is 10.4. The summed E-state index contributed by atoms with van der Waals surface area (Å²) < 4.78 is 0. The maximum absolute atomic E-state index is 13.4. The number of ketones is 1. The number of rotatable bonds is 11. The van der Waals surface area contributed by atoms with Gasteiger partial charge in [-0.05, 0) is 0 Å². The average molecular weight is 439 g/mol. The Morgan fingerprint density at radius 3 is 1.47 bits per heavy atom. The van der Waals surface area contributed by atoms with E-state index in [0.29, 0.717) is 12.6 Å². The van der Waals surface area contributed by atoms with Gasteiger partial charge in [0.05, 0.1) is 0 Å². The minimum atomic E-state index is -3.45. The number of carbonyl (C=O) groups excluding carboxylic acids is 1. The molecule has 0 aliphatic carbocycles. The van der Waals surface area contributed by atoms with E-state index in [0.717, 1.165) is 28.8 Å². The van der Waals surface area contributed by atoms with E-state index < -0.39 is 5.96 Å². The summed E-state index contributed by atoms with van der Waals surface area (Å²) in [5.41, 5.74) is 0. The molecule has 1 nitrogen and oxygen atoms in total. The van der Waals surface area contributed by atoms with E-state index in [-0.39, 0.29) is 5.78 Å². The summed E-state index contributed by atoms with van der Waals surface area (Å²) in [5, 5.41) is 3.17. The fourth-order valence-corrected chi connectivity index (χ4v) is 10.3. The van der Waals surface area contributed by atoms with Gasteiger partial charge in [-0.1, -0.05) is 0 Å². The molecule has 0 atom stereocenters. The number of halogens is 1. The van der Waals surface area contributed by atoms with Crippen LogP contribution < -0.4 is 15.9 Å². The third-order valence-corrected chi connectivity index (χ3v) is 13.1. The van der Waals surface area contributed by atoms with Crippen molar-refractivity contribution in [3.8, 4) is 0 Å². The third-order valence-electron chi connectivity index (χ3n) is 5.92. The van der Waals surface area contributed by atoms with Crippen LogP contribution in [0.2, 0.25) is 0 Å². The maximum atomic E-state index is 13.4. The number of hydrogen-bond acceptors (Lipinski definition) is 1. The summed E-state index contributed by atoms with van der Waals surface area (Å²) >= 11 is 7.94. The first-order chi connectivity index (χ1) is 14.6. The molecule has 0 saturated heterocycles. The zero-order chi connectivity index (χ0) is 21.3. The molecule has 0 saturated carbocycles. The van der Waals surface area contributed by atoms with Crippen LogP contribution in [0.1, 0.15) is 45.4 Å². The molecule has 0 heterocycles. The second-order valence-corrected chi connectivity index (χ2v) is 14.5. The first kappa shape index (κ1) is 22.7. The predicted molar refractivity (Wildman–Crippen MR) is 134 cm³/mol. The Kier molecular flexibility index (Phi) is 7.87. The van der Waals surface area contributed by atoms with Gasteiger partial charge in [-0.15, -0.1) is 0 Å². The molecule has 0 aliphatic heterocycles. The first-order valence-corrected chi connectivity index (χ1v) is 14.3. The Hall–Kier alpha value is -1.95. The standard InChI is InChI=1S/C27H32ClOP/c1-2-3-4-5-9-16-24(29)23-30(28,25-17-10-6-11-18-25,26-19-12-7-13-20-26)27-21-14-8-15-22-27/h6-8,10-15,17-22H,2-5,9,16,23H2,1H3. The zero-order valence-corrected chi connectivity index (χ0v) is 19.5. The van der Waals surface area contributed by atoms with E-state index >= 15 is 0 Å². The average Bonchev–Trinajstić information content (AvgIpc) is 2.81. The van der Waals surface area contributed by atoms with Crippen LogP contribution in [0.3, 0.4) is 0 Å². The Labute approximate surface area is 186 Å². The Morgan fingerprint density at radius 1 is 0.667 bits per heavy atom. The third kappa shape index (κ3) is 4.69. The molecule has 3 rings (SSSR count). The molecule has 0 amide bonds. The van der Waals surface area contributed by atoms with E-state index in [2.05, 4.69) is 43.3 Å². The van der Waals surface area contributed by atoms with E-state index in [1.807, 2.05) is 54.6 Å². The summed E-state index contributed by atoms with van der Waals surface area (Å²) in [6.45, 7) is 2.21. The number of unbranched alkanes of at least 4 members (excludes halogenated alkanes) is 4. The van der Waals surface area contributed by atoms with Crippen molar-refractivity contribution in [1.29, 1.82) is 0 Å². The van der Waals surface area contributed by atoms with Crippen LogP contribution in [0, 0.1) is 0 Å². The van der Waals surface area contributed by atoms with Gasteiger partial charge in [-0.3, -0.25) is 0 Å². The van der Waals surface area contributed by atoms with Gasteiger partial charge >= 0.3 is 186 Å². The monoisotopic (exact) mass is 438 g/mol. The van der Waals surface area contributed by atoms with Crippen LogP contribution >= 0.6 is 17.2 Å². The number of hydrogen-bond donors (Lipinski definition) is 0. The van der Waals surface area contributed by atoms with E-state index in [4.69, 9.17) is 11.2 Å². The molecule has 3 aromatic rings. The number of carbonyl (C=O) groups is 1. The zero-order valence-electron chi connectivity index (χ0n) is 17.8. The summed E-state index contributed by atoms with van der Waals surface area (Å²) in [7, 11) is 0. The van der Waals surface area contributed by atoms with Gasteiger partial charge in [0.2, 0.25) is 0 Å². The molecule has 0 unspecified atom stereocenters.